The molecule has 0 aliphatic heterocycles. The lowest BCUT2D eigenvalue weighted by molar-refractivity contribution is 0.959. The molecular weight excluding hydrogens is 1620 g/mol. The average molecular weight is 1700 g/mol. The molecule has 0 aliphatic carbocycles. The van der Waals surface area contributed by atoms with Gasteiger partial charge >= 0.3 is 0 Å². The average Bonchev–Trinajstić information content (AvgIpc) is 1.48. The molecule has 0 spiro atoms. The summed E-state index contributed by atoms with van der Waals surface area (Å²) in [7, 11) is 2.09. The molecule has 0 saturated heterocycles. The maximum atomic E-state index is 5.13. The molecule has 5 heterocycles. The number of nitrogens with zero attached hydrogens (tertiary/aromatic N) is 10. The number of hydrogen-bond donors (Lipinski definition) is 0. The Kier molecular flexibility index (Phi) is 21.0. The highest BCUT2D eigenvalue weighted by Gasteiger charge is 2.23. The smallest absolute Gasteiger partial charge is 0.164 e. The van der Waals surface area contributed by atoms with Crippen molar-refractivity contribution >= 4 is 86.8 Å². The SMILES string of the molecule is Cn1c(-c2ccccc2)nc2cc(-c3ccc4c(-c5ccccc5)c5ccccc5c(-c5ccccc5)c4c3)ccc21.c1ccc(-c2nc(-c3ccc(-c4ccc(-c5nc6ccccc6n5-c5ccccc5)cc4)cc3)c3ccc4ccccc4c3n2)cc1.c1ccc(-c2nc(-c3ccccc3)nc(-c3cc(-c4cccnc4)cc(-c4cc5ccccc5c5ccccc45)c3)n2)cc1. The fourth-order valence-corrected chi connectivity index (χ4v) is 18.7. The first-order valence-corrected chi connectivity index (χ1v) is 44.8. The van der Waals surface area contributed by atoms with Gasteiger partial charge in [0.25, 0.3) is 0 Å². The van der Waals surface area contributed by atoms with Crippen molar-refractivity contribution in [1.29, 1.82) is 0 Å². The summed E-state index contributed by atoms with van der Waals surface area (Å²) in [6.07, 6.45) is 3.70. The third-order valence-electron chi connectivity index (χ3n) is 25.2. The number of imidazole rings is 2. The molecule has 0 fully saturated rings. The van der Waals surface area contributed by atoms with E-state index in [1.165, 1.54) is 76.3 Å². The Morgan fingerprint density at radius 1 is 0.203 bits per heavy atom. The molecule has 0 bridgehead atoms. The molecule has 624 valence electrons. The predicted octanol–water partition coefficient (Wildman–Crippen LogP) is 31.2. The number of aromatic nitrogens is 10. The first-order chi connectivity index (χ1) is 65.9. The molecule has 0 aliphatic rings. The number of aryl methyl sites for hydroxylation is 1. The van der Waals surface area contributed by atoms with Crippen LogP contribution in [0, 0.1) is 0 Å². The lowest BCUT2D eigenvalue weighted by Crippen LogP contribution is -2.00. The summed E-state index contributed by atoms with van der Waals surface area (Å²) in [5.41, 5.74) is 28.2. The van der Waals surface area contributed by atoms with E-state index in [0.29, 0.717) is 17.5 Å². The Bertz CT molecular complexity index is 8580. The molecule has 25 aromatic rings. The fraction of sp³-hybridized carbons (Fsp3) is 0.00813. The van der Waals surface area contributed by atoms with Crippen LogP contribution in [0.25, 0.3) is 239 Å². The summed E-state index contributed by atoms with van der Waals surface area (Å²) in [5, 5.41) is 13.3. The number of pyridine rings is 1. The zero-order valence-electron chi connectivity index (χ0n) is 72.6. The van der Waals surface area contributed by atoms with Crippen LogP contribution in [0.2, 0.25) is 0 Å². The second kappa shape index (κ2) is 35.1. The topological polar surface area (TPSA) is 113 Å². The normalized spacial score (nSPS) is 11.3. The highest BCUT2D eigenvalue weighted by molar-refractivity contribution is 6.22. The maximum absolute atomic E-state index is 5.13. The van der Waals surface area contributed by atoms with Crippen molar-refractivity contribution in [3.8, 4) is 152 Å². The standard InChI is InChI=1S/C43H28N4.C40H26N4.C40H28N2/c1-3-12-33(13-4-1)42-45-40(37-28-27-31-11-7-8-16-36(31)41(37)46-42)32-23-19-29(20-24-32)30-21-25-34(26-22-30)43-44-38-17-9-10-18-39(38)47(43)35-14-5-2-6-15-35;1-3-12-27(13-4-1)38-42-39(28-14-5-2-6-15-28)44-40(43-38)33-23-31(30-17-11-21-41-26-30)22-32(24-33)37-25-29-16-7-8-18-34(29)35-19-9-10-20-36(35)37;1-42-37-24-22-31(26-36(37)41-40(42)29-17-9-4-10-18-29)30-21-23-34-35(25-30)39(28-15-7-3-8-16-28)33-20-12-11-19-32(33)38(34)27-13-5-2-6-14-27/h1-28H;1-26H;2-26H,1H3. The van der Waals surface area contributed by atoms with Gasteiger partial charge in [0.15, 0.2) is 23.3 Å². The molecule has 0 N–H and O–H groups in total. The van der Waals surface area contributed by atoms with E-state index in [1.54, 1.807) is 6.20 Å². The number of benzene rings is 20. The minimum atomic E-state index is 0.620. The molecule has 0 atom stereocenters. The monoisotopic (exact) mass is 1700 g/mol. The van der Waals surface area contributed by atoms with Gasteiger partial charge in [0.1, 0.15) is 11.6 Å². The Labute approximate surface area is 769 Å². The first kappa shape index (κ1) is 79.8. The zero-order chi connectivity index (χ0) is 88.5. The van der Waals surface area contributed by atoms with Crippen molar-refractivity contribution in [2.75, 3.05) is 0 Å². The van der Waals surface area contributed by atoms with E-state index < -0.39 is 0 Å². The van der Waals surface area contributed by atoms with Crippen molar-refractivity contribution in [2.24, 2.45) is 7.05 Å². The van der Waals surface area contributed by atoms with Gasteiger partial charge in [0.05, 0.1) is 33.3 Å². The molecule has 133 heavy (non-hydrogen) atoms. The van der Waals surface area contributed by atoms with E-state index in [-0.39, 0.29) is 0 Å². The van der Waals surface area contributed by atoms with Crippen molar-refractivity contribution in [3.05, 3.63) is 480 Å². The molecule has 10 heteroatoms. The molecular formula is C123H82N10. The summed E-state index contributed by atoms with van der Waals surface area (Å²) in [6, 6.07) is 164. The van der Waals surface area contributed by atoms with Crippen molar-refractivity contribution in [2.45, 2.75) is 0 Å². The highest BCUT2D eigenvalue weighted by Crippen LogP contribution is 2.47. The van der Waals surface area contributed by atoms with E-state index in [2.05, 4.69) is 385 Å². The number of para-hydroxylation sites is 3. The van der Waals surface area contributed by atoms with Gasteiger partial charge in [-0.25, -0.2) is 34.9 Å². The van der Waals surface area contributed by atoms with Crippen LogP contribution in [0.4, 0.5) is 0 Å². The molecule has 25 rings (SSSR count). The lowest BCUT2D eigenvalue weighted by atomic mass is 9.85. The van der Waals surface area contributed by atoms with E-state index in [4.69, 9.17) is 34.9 Å². The first-order valence-electron chi connectivity index (χ1n) is 44.8. The molecule has 0 unspecified atom stereocenters. The van der Waals surface area contributed by atoms with E-state index in [9.17, 15) is 0 Å². The Morgan fingerprint density at radius 3 is 1.25 bits per heavy atom. The Balaban J connectivity index is 0.000000113. The van der Waals surface area contributed by atoms with Crippen molar-refractivity contribution < 1.29 is 0 Å². The third-order valence-corrected chi connectivity index (χ3v) is 25.2. The van der Waals surface area contributed by atoms with Crippen LogP contribution in [0.5, 0.6) is 0 Å². The van der Waals surface area contributed by atoms with Gasteiger partial charge in [0.2, 0.25) is 0 Å². The van der Waals surface area contributed by atoms with Crippen LogP contribution in [0.15, 0.2) is 480 Å². The largest absolute Gasteiger partial charge is 0.327 e. The summed E-state index contributed by atoms with van der Waals surface area (Å²) >= 11 is 0. The third kappa shape index (κ3) is 15.5. The predicted molar refractivity (Wildman–Crippen MR) is 551 cm³/mol. The second-order valence-electron chi connectivity index (χ2n) is 33.3. The molecule has 0 amide bonds. The number of hydrogen-bond acceptors (Lipinski definition) is 8. The Hall–Kier alpha value is -17.9. The van der Waals surface area contributed by atoms with Gasteiger partial charge in [-0.1, -0.05) is 388 Å². The summed E-state index contributed by atoms with van der Waals surface area (Å²) < 4.78 is 4.42. The van der Waals surface area contributed by atoms with Gasteiger partial charge in [-0.05, 0) is 189 Å². The minimum Gasteiger partial charge on any atom is -0.327 e. The lowest BCUT2D eigenvalue weighted by Gasteiger charge is -2.18. The molecule has 5 aromatic heterocycles. The van der Waals surface area contributed by atoms with Gasteiger partial charge in [-0.3, -0.25) is 9.55 Å². The van der Waals surface area contributed by atoms with Crippen LogP contribution < -0.4 is 0 Å². The quantitative estimate of drug-likeness (QED) is 0.0781. The second-order valence-corrected chi connectivity index (χ2v) is 33.3. The minimum absolute atomic E-state index is 0.620. The van der Waals surface area contributed by atoms with Gasteiger partial charge in [0, 0.05) is 80.4 Å². The van der Waals surface area contributed by atoms with E-state index in [0.717, 1.165) is 145 Å². The Morgan fingerprint density at radius 2 is 0.632 bits per heavy atom. The van der Waals surface area contributed by atoms with Crippen LogP contribution in [0.1, 0.15) is 0 Å². The van der Waals surface area contributed by atoms with Crippen molar-refractivity contribution in [1.82, 2.24) is 49.0 Å². The van der Waals surface area contributed by atoms with Gasteiger partial charge < -0.3 is 4.57 Å². The summed E-state index contributed by atoms with van der Waals surface area (Å²) in [6.45, 7) is 0. The maximum Gasteiger partial charge on any atom is 0.164 e. The number of fused-ring (bicyclic) bond motifs is 10. The molecule has 10 nitrogen and oxygen atoms in total. The summed E-state index contributed by atoms with van der Waals surface area (Å²) in [5.74, 6) is 4.53. The fourth-order valence-electron chi connectivity index (χ4n) is 18.7. The summed E-state index contributed by atoms with van der Waals surface area (Å²) in [4.78, 5) is 39.7. The van der Waals surface area contributed by atoms with Crippen LogP contribution in [-0.4, -0.2) is 49.0 Å². The van der Waals surface area contributed by atoms with E-state index in [1.807, 2.05) is 109 Å². The van der Waals surface area contributed by atoms with Gasteiger partial charge in [-0.15, -0.1) is 0 Å². The molecule has 20 aromatic carbocycles. The van der Waals surface area contributed by atoms with E-state index >= 15 is 0 Å². The highest BCUT2D eigenvalue weighted by atomic mass is 15.1. The van der Waals surface area contributed by atoms with Crippen LogP contribution >= 0.6 is 0 Å². The number of rotatable bonds is 14. The zero-order valence-corrected chi connectivity index (χ0v) is 72.6. The van der Waals surface area contributed by atoms with Crippen molar-refractivity contribution in [3.63, 3.8) is 0 Å². The van der Waals surface area contributed by atoms with Crippen LogP contribution in [0.3, 0.4) is 0 Å². The molecule has 0 saturated carbocycles. The van der Waals surface area contributed by atoms with Gasteiger partial charge in [-0.2, -0.15) is 0 Å². The molecule has 0 radical (unpaired) electrons. The van der Waals surface area contributed by atoms with Crippen LogP contribution in [-0.2, 0) is 7.05 Å².